The topological polar surface area (TPSA) is 42.0 Å². The maximum absolute atomic E-state index is 13.5. The van der Waals surface area contributed by atoms with Gasteiger partial charge in [-0.25, -0.2) is 8.78 Å². The van der Waals surface area contributed by atoms with Crippen molar-refractivity contribution in [2.24, 2.45) is 0 Å². The highest BCUT2D eigenvalue weighted by Crippen LogP contribution is 2.24. The molecule has 1 aromatic carbocycles. The van der Waals surface area contributed by atoms with Crippen LogP contribution in [-0.2, 0) is 0 Å². The van der Waals surface area contributed by atoms with Crippen LogP contribution in [0.5, 0.6) is 0 Å². The summed E-state index contributed by atoms with van der Waals surface area (Å²) >= 11 is 8.63. The van der Waals surface area contributed by atoms with Crippen LogP contribution in [0.25, 0.3) is 0 Å². The molecule has 7 heteroatoms. The first kappa shape index (κ1) is 13.9. The molecule has 0 fully saturated rings. The number of aromatic nitrogens is 1. The molecule has 0 bridgehead atoms. The van der Waals surface area contributed by atoms with Crippen LogP contribution in [0.1, 0.15) is 10.5 Å². The monoisotopic (exact) mass is 346 g/mol. The van der Waals surface area contributed by atoms with Gasteiger partial charge in [0.15, 0.2) is 0 Å². The van der Waals surface area contributed by atoms with Gasteiger partial charge in [-0.1, -0.05) is 11.6 Å². The summed E-state index contributed by atoms with van der Waals surface area (Å²) in [6, 6.07) is 4.65. The van der Waals surface area contributed by atoms with Crippen molar-refractivity contribution in [3.05, 3.63) is 57.3 Å². The Morgan fingerprint density at radius 3 is 2.68 bits per heavy atom. The molecule has 0 aliphatic rings. The van der Waals surface area contributed by atoms with Gasteiger partial charge in [0.05, 0.1) is 10.2 Å². The molecule has 19 heavy (non-hydrogen) atoms. The minimum absolute atomic E-state index is 0.0346. The molecule has 0 aliphatic heterocycles. The van der Waals surface area contributed by atoms with Gasteiger partial charge >= 0.3 is 0 Å². The average molecular weight is 348 g/mol. The van der Waals surface area contributed by atoms with Crippen LogP contribution < -0.4 is 5.32 Å². The first-order chi connectivity index (χ1) is 8.97. The smallest absolute Gasteiger partial charge is 0.274 e. The van der Waals surface area contributed by atoms with E-state index >= 15 is 0 Å². The zero-order valence-corrected chi connectivity index (χ0v) is 11.6. The summed E-state index contributed by atoms with van der Waals surface area (Å²) < 4.78 is 26.6. The van der Waals surface area contributed by atoms with Crippen molar-refractivity contribution >= 4 is 39.1 Å². The Morgan fingerprint density at radius 2 is 2.00 bits per heavy atom. The first-order valence-electron chi connectivity index (χ1n) is 5.05. The van der Waals surface area contributed by atoms with Gasteiger partial charge < -0.3 is 5.32 Å². The highest BCUT2D eigenvalue weighted by Gasteiger charge is 2.13. The van der Waals surface area contributed by atoms with Crippen molar-refractivity contribution in [1.29, 1.82) is 0 Å². The van der Waals surface area contributed by atoms with Gasteiger partial charge in [-0.15, -0.1) is 0 Å². The molecule has 0 radical (unpaired) electrons. The Balaban J connectivity index is 2.27. The second-order valence-corrected chi connectivity index (χ2v) is 4.85. The molecule has 0 aliphatic carbocycles. The van der Waals surface area contributed by atoms with E-state index in [1.54, 1.807) is 0 Å². The lowest BCUT2D eigenvalue weighted by atomic mass is 10.2. The first-order valence-corrected chi connectivity index (χ1v) is 6.22. The third-order valence-corrected chi connectivity index (χ3v) is 3.06. The van der Waals surface area contributed by atoms with Gasteiger partial charge in [-0.3, -0.25) is 9.78 Å². The molecule has 0 unspecified atom stereocenters. The van der Waals surface area contributed by atoms with Gasteiger partial charge in [-0.2, -0.15) is 0 Å². The molecule has 0 spiro atoms. The number of rotatable bonds is 2. The van der Waals surface area contributed by atoms with E-state index in [0.717, 1.165) is 6.07 Å². The van der Waals surface area contributed by atoms with Crippen LogP contribution >= 0.6 is 27.5 Å². The Hall–Kier alpha value is -1.53. The van der Waals surface area contributed by atoms with Crippen molar-refractivity contribution in [2.75, 3.05) is 5.32 Å². The molecule has 0 atom stereocenters. The minimum Gasteiger partial charge on any atom is -0.318 e. The van der Waals surface area contributed by atoms with Gasteiger partial charge in [0, 0.05) is 17.3 Å². The second kappa shape index (κ2) is 5.63. The predicted octanol–water partition coefficient (Wildman–Crippen LogP) is 4.03. The van der Waals surface area contributed by atoms with Gasteiger partial charge in [-0.05, 0) is 34.1 Å². The van der Waals surface area contributed by atoms with Gasteiger partial charge in [0.2, 0.25) is 0 Å². The highest BCUT2D eigenvalue weighted by molar-refractivity contribution is 9.10. The Morgan fingerprint density at radius 1 is 1.26 bits per heavy atom. The fourth-order valence-corrected chi connectivity index (χ4v) is 1.84. The number of hydrogen-bond acceptors (Lipinski definition) is 2. The molecule has 0 saturated carbocycles. The maximum Gasteiger partial charge on any atom is 0.274 e. The van der Waals surface area contributed by atoms with E-state index < -0.39 is 17.5 Å². The molecule has 0 saturated heterocycles. The molecular formula is C12H6BrClF2N2O. The number of hydrogen-bond donors (Lipinski definition) is 1. The largest absolute Gasteiger partial charge is 0.318 e. The zero-order valence-electron chi connectivity index (χ0n) is 9.25. The number of carbonyl (C=O) groups excluding carboxylic acids is 1. The summed E-state index contributed by atoms with van der Waals surface area (Å²) in [5.74, 6) is -2.27. The van der Waals surface area contributed by atoms with Gasteiger partial charge in [0.1, 0.15) is 17.3 Å². The number of pyridine rings is 1. The summed E-state index contributed by atoms with van der Waals surface area (Å²) in [5, 5.41) is 2.62. The van der Waals surface area contributed by atoms with E-state index in [1.807, 2.05) is 0 Å². The number of halogens is 4. The molecule has 2 aromatic rings. The molecule has 2 rings (SSSR count). The molecule has 1 N–H and O–H groups in total. The molecule has 3 nitrogen and oxygen atoms in total. The van der Waals surface area contributed by atoms with E-state index in [0.29, 0.717) is 11.1 Å². The van der Waals surface area contributed by atoms with Crippen LogP contribution in [0.15, 0.2) is 34.9 Å². The lowest BCUT2D eigenvalue weighted by Gasteiger charge is -2.07. The number of nitrogens with one attached hydrogen (secondary N) is 1. The SMILES string of the molecule is O=C(Nc1cc(Br)c(F)cc1F)c1cc(Cl)ccn1. The van der Waals surface area contributed by atoms with E-state index in [4.69, 9.17) is 11.6 Å². The number of nitrogens with zero attached hydrogens (tertiary/aromatic N) is 1. The molecule has 1 aromatic heterocycles. The summed E-state index contributed by atoms with van der Waals surface area (Å²) in [7, 11) is 0. The van der Waals surface area contributed by atoms with Crippen LogP contribution in [0, 0.1) is 11.6 Å². The predicted molar refractivity (Wildman–Crippen MR) is 71.3 cm³/mol. The molecule has 98 valence electrons. The zero-order chi connectivity index (χ0) is 14.0. The van der Waals surface area contributed by atoms with Crippen LogP contribution in [0.2, 0.25) is 5.02 Å². The number of benzene rings is 1. The quantitative estimate of drug-likeness (QED) is 0.834. The molecule has 1 amide bonds. The average Bonchev–Trinajstić information content (AvgIpc) is 2.36. The fraction of sp³-hybridized carbons (Fsp3) is 0. The Kier molecular flexibility index (Phi) is 4.11. The standard InChI is InChI=1S/C12H6BrClF2N2O/c13-7-4-10(9(16)5-8(7)15)18-12(19)11-3-6(14)1-2-17-11/h1-5H,(H,18,19). The highest BCUT2D eigenvalue weighted by atomic mass is 79.9. The summed E-state index contributed by atoms with van der Waals surface area (Å²) in [4.78, 5) is 15.6. The third kappa shape index (κ3) is 3.27. The van der Waals surface area contributed by atoms with Crippen molar-refractivity contribution < 1.29 is 13.6 Å². The van der Waals surface area contributed by atoms with Gasteiger partial charge in [0.25, 0.3) is 5.91 Å². The van der Waals surface area contributed by atoms with Crippen molar-refractivity contribution in [3.63, 3.8) is 0 Å². The minimum atomic E-state index is -0.879. The third-order valence-electron chi connectivity index (χ3n) is 2.21. The van der Waals surface area contributed by atoms with Crippen molar-refractivity contribution in [1.82, 2.24) is 4.98 Å². The van der Waals surface area contributed by atoms with E-state index in [1.165, 1.54) is 18.3 Å². The summed E-state index contributed by atoms with van der Waals surface area (Å²) in [5.41, 5.74) is -0.118. The Bertz CT molecular complexity index is 652. The van der Waals surface area contributed by atoms with Crippen LogP contribution in [0.3, 0.4) is 0 Å². The molecule has 1 heterocycles. The lowest BCUT2D eigenvalue weighted by Crippen LogP contribution is -2.14. The summed E-state index contributed by atoms with van der Waals surface area (Å²) in [6.45, 7) is 0. The molecular weight excluding hydrogens is 341 g/mol. The van der Waals surface area contributed by atoms with E-state index in [9.17, 15) is 13.6 Å². The Labute approximate surface area is 120 Å². The lowest BCUT2D eigenvalue weighted by molar-refractivity contribution is 0.102. The van der Waals surface area contributed by atoms with E-state index in [-0.39, 0.29) is 15.9 Å². The number of carbonyl (C=O) groups is 1. The van der Waals surface area contributed by atoms with E-state index in [2.05, 4.69) is 26.2 Å². The normalized spacial score (nSPS) is 10.3. The summed E-state index contributed by atoms with van der Waals surface area (Å²) in [6.07, 6.45) is 1.36. The fourth-order valence-electron chi connectivity index (χ4n) is 1.33. The number of amides is 1. The second-order valence-electron chi connectivity index (χ2n) is 3.56. The number of anilines is 1. The van der Waals surface area contributed by atoms with Crippen molar-refractivity contribution in [2.45, 2.75) is 0 Å². The van der Waals surface area contributed by atoms with Crippen LogP contribution in [0.4, 0.5) is 14.5 Å². The van der Waals surface area contributed by atoms with Crippen molar-refractivity contribution in [3.8, 4) is 0 Å². The maximum atomic E-state index is 13.5. The van der Waals surface area contributed by atoms with Crippen LogP contribution in [-0.4, -0.2) is 10.9 Å².